The van der Waals surface area contributed by atoms with Crippen LogP contribution >= 0.6 is 0 Å². The maximum atomic E-state index is 12.4. The third kappa shape index (κ3) is 4.08. The van der Waals surface area contributed by atoms with Gasteiger partial charge in [-0.3, -0.25) is 4.79 Å². The van der Waals surface area contributed by atoms with Crippen molar-refractivity contribution in [1.82, 2.24) is 9.80 Å². The Labute approximate surface area is 152 Å². The smallest absolute Gasteiger partial charge is 0.222 e. The van der Waals surface area contributed by atoms with E-state index in [0.29, 0.717) is 11.3 Å². The first-order valence-electron chi connectivity index (χ1n) is 10.3. The predicted molar refractivity (Wildman–Crippen MR) is 101 cm³/mol. The van der Waals surface area contributed by atoms with Crippen LogP contribution in [0.2, 0.25) is 0 Å². The molecule has 1 amide bonds. The van der Waals surface area contributed by atoms with Crippen LogP contribution in [0.4, 0.5) is 0 Å². The lowest BCUT2D eigenvalue weighted by molar-refractivity contribution is -0.140. The zero-order valence-corrected chi connectivity index (χ0v) is 15.5. The van der Waals surface area contributed by atoms with Gasteiger partial charge in [0.25, 0.3) is 0 Å². The number of hydrogen-bond donors (Lipinski definition) is 0. The highest BCUT2D eigenvalue weighted by molar-refractivity contribution is 5.77. The number of rotatable bonds is 4. The van der Waals surface area contributed by atoms with Crippen molar-refractivity contribution in [2.75, 3.05) is 26.2 Å². The van der Waals surface area contributed by atoms with E-state index in [0.717, 1.165) is 31.8 Å². The highest BCUT2D eigenvalue weighted by atomic mass is 16.2. The van der Waals surface area contributed by atoms with Gasteiger partial charge < -0.3 is 9.80 Å². The van der Waals surface area contributed by atoms with E-state index in [9.17, 15) is 4.79 Å². The average molecular weight is 341 g/mol. The Bertz CT molecular complexity index is 571. The number of carbonyl (C=O) groups excluding carboxylic acids is 1. The minimum absolute atomic E-state index is 0.350. The van der Waals surface area contributed by atoms with E-state index in [1.54, 1.807) is 0 Å². The zero-order chi connectivity index (χ0) is 17.1. The number of benzene rings is 1. The third-order valence-electron chi connectivity index (χ3n) is 6.87. The second-order valence-corrected chi connectivity index (χ2v) is 8.69. The summed E-state index contributed by atoms with van der Waals surface area (Å²) in [7, 11) is 0. The summed E-state index contributed by atoms with van der Waals surface area (Å²) in [6.07, 6.45) is 10.2. The van der Waals surface area contributed by atoms with Gasteiger partial charge in [-0.1, -0.05) is 43.2 Å². The molecule has 3 nitrogen and oxygen atoms in total. The van der Waals surface area contributed by atoms with Gasteiger partial charge in [-0.25, -0.2) is 0 Å². The van der Waals surface area contributed by atoms with E-state index in [4.69, 9.17) is 0 Å². The maximum absolute atomic E-state index is 12.4. The van der Waals surface area contributed by atoms with Crippen molar-refractivity contribution >= 4 is 5.91 Å². The van der Waals surface area contributed by atoms with E-state index < -0.39 is 0 Å². The van der Waals surface area contributed by atoms with Crippen LogP contribution in [0.25, 0.3) is 0 Å². The molecule has 1 spiro atoms. The van der Waals surface area contributed by atoms with Crippen molar-refractivity contribution in [2.24, 2.45) is 11.3 Å². The van der Waals surface area contributed by atoms with Crippen molar-refractivity contribution in [2.45, 2.75) is 57.9 Å². The van der Waals surface area contributed by atoms with E-state index in [-0.39, 0.29) is 0 Å². The summed E-state index contributed by atoms with van der Waals surface area (Å²) >= 11 is 0. The number of nitrogens with zero attached hydrogens (tertiary/aromatic N) is 2. The monoisotopic (exact) mass is 340 g/mol. The molecule has 2 saturated heterocycles. The first kappa shape index (κ1) is 17.1. The van der Waals surface area contributed by atoms with Crippen LogP contribution in [0.5, 0.6) is 0 Å². The number of hydrogen-bond acceptors (Lipinski definition) is 2. The molecule has 0 bridgehead atoms. The summed E-state index contributed by atoms with van der Waals surface area (Å²) in [6, 6.07) is 10.5. The summed E-state index contributed by atoms with van der Waals surface area (Å²) in [5, 5.41) is 0. The lowest BCUT2D eigenvalue weighted by Crippen LogP contribution is -2.51. The van der Waals surface area contributed by atoms with Gasteiger partial charge >= 0.3 is 0 Å². The summed E-state index contributed by atoms with van der Waals surface area (Å²) in [5.74, 6) is 1.31. The van der Waals surface area contributed by atoms with Crippen LogP contribution in [-0.2, 0) is 11.3 Å². The molecule has 0 N–H and O–H groups in total. The van der Waals surface area contributed by atoms with E-state index >= 15 is 0 Å². The largest absolute Gasteiger partial charge is 0.338 e. The molecular formula is C22H32N2O. The van der Waals surface area contributed by atoms with Crippen LogP contribution in [-0.4, -0.2) is 41.9 Å². The minimum Gasteiger partial charge on any atom is -0.338 e. The SMILES string of the molecule is O=C1CCC2(CCN(CC3CCCC3)CC2)CN1Cc1ccccc1. The lowest BCUT2D eigenvalue weighted by atomic mass is 9.72. The summed E-state index contributed by atoms with van der Waals surface area (Å²) in [5.41, 5.74) is 1.64. The Morgan fingerprint density at radius 2 is 1.72 bits per heavy atom. The standard InChI is InChI=1S/C22H32N2O/c25-21-10-11-22(18-24(21)17-20-6-2-1-3-7-20)12-14-23(15-13-22)16-19-8-4-5-9-19/h1-3,6-7,19H,4-5,8-18H2. The van der Waals surface area contributed by atoms with E-state index in [1.807, 2.05) is 6.07 Å². The molecular weight excluding hydrogens is 308 g/mol. The first-order chi connectivity index (χ1) is 12.2. The van der Waals surface area contributed by atoms with Gasteiger partial charge in [-0.2, -0.15) is 0 Å². The molecule has 1 aromatic rings. The van der Waals surface area contributed by atoms with Gasteiger partial charge in [-0.15, -0.1) is 0 Å². The van der Waals surface area contributed by atoms with Crippen LogP contribution < -0.4 is 0 Å². The summed E-state index contributed by atoms with van der Waals surface area (Å²) < 4.78 is 0. The van der Waals surface area contributed by atoms with Crippen LogP contribution in [0.3, 0.4) is 0 Å². The molecule has 0 atom stereocenters. The third-order valence-corrected chi connectivity index (χ3v) is 6.87. The van der Waals surface area contributed by atoms with Gasteiger partial charge in [0.1, 0.15) is 0 Å². The molecule has 25 heavy (non-hydrogen) atoms. The Hall–Kier alpha value is -1.35. The molecule has 3 fully saturated rings. The molecule has 2 heterocycles. The molecule has 4 rings (SSSR count). The van der Waals surface area contributed by atoms with Gasteiger partial charge in [0, 0.05) is 26.1 Å². The van der Waals surface area contributed by atoms with Crippen LogP contribution in [0.1, 0.15) is 56.9 Å². The molecule has 3 heteroatoms. The van der Waals surface area contributed by atoms with Crippen LogP contribution in [0.15, 0.2) is 30.3 Å². The normalized spacial score (nSPS) is 25.0. The first-order valence-corrected chi connectivity index (χ1v) is 10.3. The topological polar surface area (TPSA) is 23.6 Å². The van der Waals surface area contributed by atoms with Crippen LogP contribution in [0, 0.1) is 11.3 Å². The van der Waals surface area contributed by atoms with Gasteiger partial charge in [0.2, 0.25) is 5.91 Å². The average Bonchev–Trinajstić information content (AvgIpc) is 3.15. The molecule has 1 saturated carbocycles. The molecule has 0 aromatic heterocycles. The lowest BCUT2D eigenvalue weighted by Gasteiger charge is -2.48. The summed E-state index contributed by atoms with van der Waals surface area (Å²) in [4.78, 5) is 17.3. The predicted octanol–water partition coefficient (Wildman–Crippen LogP) is 4.08. The molecule has 1 aliphatic carbocycles. The van der Waals surface area contributed by atoms with Crippen molar-refractivity contribution in [1.29, 1.82) is 0 Å². The zero-order valence-electron chi connectivity index (χ0n) is 15.5. The number of carbonyl (C=O) groups is 1. The number of amides is 1. The fourth-order valence-electron chi connectivity index (χ4n) is 5.23. The minimum atomic E-state index is 0.350. The van der Waals surface area contributed by atoms with Crippen molar-refractivity contribution in [3.8, 4) is 0 Å². The number of likely N-dealkylation sites (tertiary alicyclic amines) is 2. The Balaban J connectivity index is 1.33. The Morgan fingerprint density at radius 3 is 2.44 bits per heavy atom. The fourth-order valence-corrected chi connectivity index (χ4v) is 5.23. The number of piperidine rings is 2. The van der Waals surface area contributed by atoms with Gasteiger partial charge in [-0.05, 0) is 62.1 Å². The maximum Gasteiger partial charge on any atom is 0.222 e. The highest BCUT2D eigenvalue weighted by Gasteiger charge is 2.41. The summed E-state index contributed by atoms with van der Waals surface area (Å²) in [6.45, 7) is 5.56. The molecule has 0 unspecified atom stereocenters. The second kappa shape index (κ2) is 7.49. The molecule has 2 aliphatic heterocycles. The Kier molecular flexibility index (Phi) is 5.12. The van der Waals surface area contributed by atoms with Crippen molar-refractivity contribution in [3.05, 3.63) is 35.9 Å². The van der Waals surface area contributed by atoms with E-state index in [2.05, 4.69) is 34.1 Å². The van der Waals surface area contributed by atoms with E-state index in [1.165, 1.54) is 63.7 Å². The van der Waals surface area contributed by atoms with Crippen molar-refractivity contribution < 1.29 is 4.79 Å². The molecule has 136 valence electrons. The second-order valence-electron chi connectivity index (χ2n) is 8.69. The molecule has 0 radical (unpaired) electrons. The van der Waals surface area contributed by atoms with Gasteiger partial charge in [0.05, 0.1) is 0 Å². The van der Waals surface area contributed by atoms with Gasteiger partial charge in [0.15, 0.2) is 0 Å². The fraction of sp³-hybridized carbons (Fsp3) is 0.682. The quantitative estimate of drug-likeness (QED) is 0.824. The molecule has 3 aliphatic rings. The highest BCUT2D eigenvalue weighted by Crippen LogP contribution is 2.41. The molecule has 1 aromatic carbocycles. The Morgan fingerprint density at radius 1 is 1.00 bits per heavy atom. The van der Waals surface area contributed by atoms with Crippen molar-refractivity contribution in [3.63, 3.8) is 0 Å².